The van der Waals surface area contributed by atoms with Crippen LogP contribution in [0.4, 0.5) is 10.2 Å². The van der Waals surface area contributed by atoms with Crippen LogP contribution in [0.3, 0.4) is 0 Å². The summed E-state index contributed by atoms with van der Waals surface area (Å²) >= 11 is 0. The lowest BCUT2D eigenvalue weighted by atomic mass is 9.91. The third-order valence-electron chi connectivity index (χ3n) is 7.32. The van der Waals surface area contributed by atoms with Crippen LogP contribution >= 0.6 is 0 Å². The summed E-state index contributed by atoms with van der Waals surface area (Å²) in [5.74, 6) is 0.261. The molecule has 2 aliphatic rings. The van der Waals surface area contributed by atoms with Gasteiger partial charge in [0.25, 0.3) is 0 Å². The first-order valence-corrected chi connectivity index (χ1v) is 13.0. The molecule has 2 N–H and O–H groups in total. The zero-order valence-electron chi connectivity index (χ0n) is 22.5. The van der Waals surface area contributed by atoms with E-state index in [0.717, 1.165) is 11.1 Å². The van der Waals surface area contributed by atoms with Crippen LogP contribution in [0.5, 0.6) is 0 Å². The minimum Gasteiger partial charge on any atom is -0.391 e. The van der Waals surface area contributed by atoms with Gasteiger partial charge in [0.05, 0.1) is 32.0 Å². The van der Waals surface area contributed by atoms with E-state index in [2.05, 4.69) is 17.4 Å². The molecule has 10 heteroatoms. The number of nitrogens with one attached hydrogen (secondary N) is 1. The Bertz CT molecular complexity index is 1420. The summed E-state index contributed by atoms with van der Waals surface area (Å²) in [7, 11) is 1.75. The average Bonchev–Trinajstić information content (AvgIpc) is 3.63. The highest BCUT2D eigenvalue weighted by Gasteiger charge is 2.46. The number of aliphatic hydroxyl groups excluding tert-OH is 1. The second kappa shape index (κ2) is 10.3. The number of likely N-dealkylation sites (tertiary alicyclic amines) is 1. The molecular formula is C29H33FN5O4+. The fraction of sp³-hybridized carbons (Fsp3) is 0.379. The highest BCUT2D eigenvalue weighted by atomic mass is 19.1. The van der Waals surface area contributed by atoms with Crippen LogP contribution in [0.2, 0.25) is 0 Å². The summed E-state index contributed by atoms with van der Waals surface area (Å²) in [4.78, 5) is 26.2. The van der Waals surface area contributed by atoms with E-state index in [4.69, 9.17) is 14.4 Å². The lowest BCUT2D eigenvalue weighted by Gasteiger charge is -2.28. The number of hydroxylamine groups is 1. The Labute approximate surface area is 226 Å². The van der Waals surface area contributed by atoms with Crippen molar-refractivity contribution in [3.05, 3.63) is 71.7 Å². The van der Waals surface area contributed by atoms with Crippen molar-refractivity contribution in [1.29, 1.82) is 0 Å². The van der Waals surface area contributed by atoms with Crippen LogP contribution in [-0.2, 0) is 15.4 Å². The summed E-state index contributed by atoms with van der Waals surface area (Å²) in [5, 5.41) is 14.6. The Balaban J connectivity index is 1.40. The van der Waals surface area contributed by atoms with Gasteiger partial charge in [-0.3, -0.25) is 9.32 Å². The molecule has 4 atom stereocenters. The summed E-state index contributed by atoms with van der Waals surface area (Å²) in [6, 6.07) is 15.2. The van der Waals surface area contributed by atoms with E-state index in [1.165, 1.54) is 6.07 Å². The van der Waals surface area contributed by atoms with Gasteiger partial charge >= 0.3 is 5.82 Å². The summed E-state index contributed by atoms with van der Waals surface area (Å²) < 4.78 is 21.3. The van der Waals surface area contributed by atoms with Crippen molar-refractivity contribution in [1.82, 2.24) is 15.5 Å². The number of β-amino-alcohol motifs (C(OH)–C–C–N with tert-alkyl or cyclic N) is 1. The van der Waals surface area contributed by atoms with Crippen LogP contribution in [0.15, 0.2) is 64.1 Å². The first kappa shape index (κ1) is 26.7. The zero-order valence-corrected chi connectivity index (χ0v) is 22.5. The molecule has 204 valence electrons. The molecule has 0 saturated carbocycles. The molecule has 2 aromatic carbocycles. The number of carbonyl (C=O) groups excluding carboxylic acids is 1. The fourth-order valence-electron chi connectivity index (χ4n) is 5.18. The molecule has 0 radical (unpaired) electrons. The van der Waals surface area contributed by atoms with Gasteiger partial charge in [0, 0.05) is 24.1 Å². The van der Waals surface area contributed by atoms with E-state index in [9.17, 15) is 14.3 Å². The quantitative estimate of drug-likeness (QED) is 0.351. The summed E-state index contributed by atoms with van der Waals surface area (Å²) in [5.41, 5.74) is 3.85. The number of carbonyl (C=O) groups is 1. The zero-order chi connectivity index (χ0) is 27.9. The van der Waals surface area contributed by atoms with Crippen molar-refractivity contribution < 1.29 is 28.2 Å². The number of nitrogens with zero attached hydrogens (tertiary/aromatic N) is 4. The fourth-order valence-corrected chi connectivity index (χ4v) is 5.18. The van der Waals surface area contributed by atoms with E-state index in [0.29, 0.717) is 29.4 Å². The minimum atomic E-state index is -1.07. The van der Waals surface area contributed by atoms with Gasteiger partial charge in [0.15, 0.2) is 10.9 Å². The van der Waals surface area contributed by atoms with Crippen LogP contribution < -0.4 is 5.48 Å². The van der Waals surface area contributed by atoms with Gasteiger partial charge in [-0.2, -0.15) is 0 Å². The number of hydrogen-bond donors (Lipinski definition) is 2. The number of rotatable bonds is 7. The highest BCUT2D eigenvalue weighted by molar-refractivity contribution is 5.94. The highest BCUT2D eigenvalue weighted by Crippen LogP contribution is 2.36. The molecule has 5 rings (SSSR count). The smallest absolute Gasteiger partial charge is 0.373 e. The van der Waals surface area contributed by atoms with E-state index in [1.807, 2.05) is 45.0 Å². The Kier molecular flexibility index (Phi) is 7.09. The van der Waals surface area contributed by atoms with Gasteiger partial charge in [0.1, 0.15) is 17.6 Å². The number of hydrogen-bond acceptors (Lipinski definition) is 7. The van der Waals surface area contributed by atoms with Gasteiger partial charge in [-0.1, -0.05) is 56.3 Å². The molecule has 0 bridgehead atoms. The van der Waals surface area contributed by atoms with Crippen LogP contribution in [0, 0.1) is 11.7 Å². The molecule has 9 nitrogen and oxygen atoms in total. The van der Waals surface area contributed by atoms with Crippen molar-refractivity contribution in [2.24, 2.45) is 10.9 Å². The number of aliphatic imine (C=N–C) groups is 1. The second-order valence-electron chi connectivity index (χ2n) is 10.6. The number of aromatic nitrogens is 1. The predicted molar refractivity (Wildman–Crippen MR) is 144 cm³/mol. The Hall–Kier alpha value is -3.89. The standard InChI is InChI=1S/C29H33FN5O4/c1-17(2)26(24-15-25(32-38-24)34(4)5)28(37)35-16-20(36)14-23(35)27-31-29(3,39-33-27)19-12-10-18(11-13-19)21-8-6-7-9-22(21)30/h6-13,15,17,20,23,26,36H,4,14,16H2,1-3,5H3,(H,31,33)/q+1/t20-,23+,26-,29?/m1/s1. The molecule has 1 unspecified atom stereocenters. The number of amidine groups is 1. The van der Waals surface area contributed by atoms with Gasteiger partial charge in [-0.15, -0.1) is 0 Å². The van der Waals surface area contributed by atoms with Crippen molar-refractivity contribution in [2.45, 2.75) is 51.0 Å². The van der Waals surface area contributed by atoms with Crippen molar-refractivity contribution in [3.8, 4) is 11.1 Å². The van der Waals surface area contributed by atoms with Crippen LogP contribution in [0.25, 0.3) is 11.1 Å². The number of aliphatic hydroxyl groups is 1. The molecule has 1 saturated heterocycles. The summed E-state index contributed by atoms with van der Waals surface area (Å²) in [6.07, 6.45) is -0.392. The molecule has 2 aliphatic heterocycles. The first-order valence-electron chi connectivity index (χ1n) is 13.0. The lowest BCUT2D eigenvalue weighted by molar-refractivity contribution is -0.400. The van der Waals surface area contributed by atoms with Crippen molar-refractivity contribution >= 4 is 24.3 Å². The van der Waals surface area contributed by atoms with Crippen LogP contribution in [-0.4, -0.2) is 63.9 Å². The van der Waals surface area contributed by atoms with E-state index in [-0.39, 0.29) is 24.2 Å². The molecule has 3 aromatic rings. The lowest BCUT2D eigenvalue weighted by Crippen LogP contribution is -2.46. The maximum atomic E-state index is 14.2. The topological polar surface area (TPSA) is 103 Å². The van der Waals surface area contributed by atoms with Gasteiger partial charge < -0.3 is 10.0 Å². The minimum absolute atomic E-state index is 0.0835. The van der Waals surface area contributed by atoms with Gasteiger partial charge in [-0.25, -0.2) is 24.3 Å². The number of benzene rings is 2. The Morgan fingerprint density at radius 1 is 1.26 bits per heavy atom. The van der Waals surface area contributed by atoms with Crippen LogP contribution in [0.1, 0.15) is 44.4 Å². The largest absolute Gasteiger partial charge is 0.391 e. The molecule has 0 spiro atoms. The van der Waals surface area contributed by atoms with Gasteiger partial charge in [-0.05, 0) is 24.5 Å². The third-order valence-corrected chi connectivity index (χ3v) is 7.32. The Morgan fingerprint density at radius 3 is 2.62 bits per heavy atom. The third kappa shape index (κ3) is 5.09. The molecule has 0 aliphatic carbocycles. The molecule has 3 heterocycles. The number of halogens is 1. The maximum Gasteiger partial charge on any atom is 0.373 e. The van der Waals surface area contributed by atoms with E-state index < -0.39 is 23.8 Å². The molecule has 1 fully saturated rings. The molecule has 1 aromatic heterocycles. The van der Waals surface area contributed by atoms with E-state index >= 15 is 0 Å². The maximum absolute atomic E-state index is 14.2. The molecular weight excluding hydrogens is 501 g/mol. The van der Waals surface area contributed by atoms with Crippen molar-refractivity contribution in [3.63, 3.8) is 0 Å². The molecule has 1 amide bonds. The summed E-state index contributed by atoms with van der Waals surface area (Å²) in [6.45, 7) is 9.67. The average molecular weight is 535 g/mol. The van der Waals surface area contributed by atoms with E-state index in [1.54, 1.807) is 40.8 Å². The second-order valence-corrected chi connectivity index (χ2v) is 10.6. The number of amides is 1. The predicted octanol–water partition coefficient (Wildman–Crippen LogP) is 3.96. The monoisotopic (exact) mass is 534 g/mol. The Morgan fingerprint density at radius 2 is 1.97 bits per heavy atom. The normalized spacial score (nSPS) is 23.6. The SMILES string of the molecule is C=[N+](C)c1cc([C@H](C(=O)N2C[C@H](O)C[C@H]2C2=NC(C)(c3ccc(-c4ccccc4F)cc3)ON2)C(C)C)on1. The van der Waals surface area contributed by atoms with Gasteiger partial charge in [0.2, 0.25) is 11.6 Å². The molecule has 39 heavy (non-hydrogen) atoms. The van der Waals surface area contributed by atoms with Crippen molar-refractivity contribution in [2.75, 3.05) is 13.6 Å². The first-order chi connectivity index (χ1) is 18.6.